The van der Waals surface area contributed by atoms with E-state index in [-0.39, 0.29) is 46.0 Å². The van der Waals surface area contributed by atoms with Crippen LogP contribution >= 0.6 is 23.3 Å². The Kier molecular flexibility index (Phi) is 7.94. The van der Waals surface area contributed by atoms with Crippen molar-refractivity contribution in [3.05, 3.63) is 23.3 Å². The summed E-state index contributed by atoms with van der Waals surface area (Å²) in [7, 11) is 1.49. The highest BCUT2D eigenvalue weighted by Gasteiger charge is 2.55. The molecule has 2 atom stereocenters. The second-order valence-electron chi connectivity index (χ2n) is 9.82. The molecule has 2 aliphatic rings. The lowest BCUT2D eigenvalue weighted by atomic mass is 10.0. The molecule has 4 rings (SSSR count). The normalized spacial score (nSPS) is 20.1. The molecule has 0 bridgehead atoms. The number of carbonyl (C=O) groups excluding carboxylic acids is 3. The van der Waals surface area contributed by atoms with Crippen LogP contribution in [0.2, 0.25) is 0 Å². The number of nitrogen functional groups attached to an aromatic ring is 2. The number of anilines is 3. The molecule has 4 amide bonds. The molecule has 0 radical (unpaired) electrons. The first-order valence-corrected chi connectivity index (χ1v) is 14.4. The molecule has 1 fully saturated rings. The summed E-state index contributed by atoms with van der Waals surface area (Å²) >= 11 is 1.86. The first-order valence-electron chi connectivity index (χ1n) is 14.6. The summed E-state index contributed by atoms with van der Waals surface area (Å²) in [4.78, 5) is 72.7. The highest BCUT2D eigenvalue weighted by atomic mass is 32.2. The SMILES string of the molecule is [2H]C([2H])([15NH2])C([2H])([2H])[15NH]C(=O)Nc1c[n+](CC2=C(C(=O)O)N3C(=O)[C@@H](NC(=O)/C(=N/OC(C)(C)C(=O)O)c4nsc(N)n4)[C@H]3SC2)n(C)c1N. The third kappa shape index (κ3) is 6.76. The highest BCUT2D eigenvalue weighted by Crippen LogP contribution is 2.40. The van der Waals surface area contributed by atoms with Crippen molar-refractivity contribution >= 4 is 75.4 Å². The fraction of sp³-hybridized carbons (Fsp3) is 0.435. The molecule has 0 spiro atoms. The van der Waals surface area contributed by atoms with E-state index in [1.807, 2.05) is 0 Å². The lowest BCUT2D eigenvalue weighted by molar-refractivity contribution is -0.765. The van der Waals surface area contributed by atoms with E-state index >= 15 is 0 Å². The van der Waals surface area contributed by atoms with Crippen molar-refractivity contribution in [3.8, 4) is 0 Å². The van der Waals surface area contributed by atoms with E-state index in [4.69, 9.17) is 27.5 Å². The molecule has 2 aliphatic heterocycles. The molecule has 4 heterocycles. The van der Waals surface area contributed by atoms with Gasteiger partial charge in [-0.1, -0.05) is 5.16 Å². The number of rotatable bonds is 12. The lowest BCUT2D eigenvalue weighted by Gasteiger charge is -2.49. The quantitative estimate of drug-likeness (QED) is 0.0378. The molecule has 0 unspecified atom stereocenters. The predicted molar refractivity (Wildman–Crippen MR) is 159 cm³/mol. The van der Waals surface area contributed by atoms with E-state index in [1.54, 1.807) is 5.32 Å². The van der Waals surface area contributed by atoms with Gasteiger partial charge in [0.25, 0.3) is 11.8 Å². The molecular weight excluding hydrogens is 638 g/mol. The van der Waals surface area contributed by atoms with Crippen LogP contribution in [-0.2, 0) is 37.6 Å². The van der Waals surface area contributed by atoms with Gasteiger partial charge in [0.15, 0.2) is 23.2 Å². The molecule has 0 saturated carbocycles. The minimum atomic E-state index is -2.94. The average molecular weight is 674 g/mol. The van der Waals surface area contributed by atoms with E-state index < -0.39 is 65.5 Å². The first-order chi connectivity index (χ1) is 22.6. The smallest absolute Gasteiger partial charge is 0.352 e. The van der Waals surface area contributed by atoms with Gasteiger partial charge in [0.1, 0.15) is 17.1 Å². The van der Waals surface area contributed by atoms with Crippen molar-refractivity contribution in [2.45, 2.75) is 37.4 Å². The van der Waals surface area contributed by atoms with E-state index in [2.05, 4.69) is 25.1 Å². The highest BCUT2D eigenvalue weighted by molar-refractivity contribution is 8.00. The molecule has 2 aromatic heterocycles. The van der Waals surface area contributed by atoms with Crippen LogP contribution in [0, 0.1) is 0 Å². The average Bonchev–Trinajstić information content (AvgIpc) is 3.52. The number of fused-ring (bicyclic) bond motifs is 1. The lowest BCUT2D eigenvalue weighted by Crippen LogP contribution is -2.71. The van der Waals surface area contributed by atoms with Crippen molar-refractivity contribution in [3.63, 3.8) is 0 Å². The molecule has 2 aromatic rings. The van der Waals surface area contributed by atoms with Crippen LogP contribution in [0.4, 0.5) is 21.4 Å². The third-order valence-electron chi connectivity index (χ3n) is 6.42. The summed E-state index contributed by atoms with van der Waals surface area (Å²) in [5, 5.41) is 28.7. The zero-order valence-corrected chi connectivity index (χ0v) is 25.4. The molecule has 11 N–H and O–H groups in total. The maximum Gasteiger partial charge on any atom is 0.352 e. The van der Waals surface area contributed by atoms with E-state index in [0.717, 1.165) is 28.2 Å². The number of oxime groups is 1. The Bertz CT molecular complexity index is 1790. The van der Waals surface area contributed by atoms with Gasteiger partial charge >= 0.3 is 18.0 Å². The molecule has 242 valence electrons. The number of carboxylic acids is 2. The Labute approximate surface area is 268 Å². The van der Waals surface area contributed by atoms with Gasteiger partial charge in [-0.05, 0) is 13.8 Å². The largest absolute Gasteiger partial charge is 0.478 e. The molecule has 0 aliphatic carbocycles. The molecule has 0 aromatic carbocycles. The van der Waals surface area contributed by atoms with Gasteiger partial charge in [-0.3, -0.25) is 19.8 Å². The van der Waals surface area contributed by atoms with Crippen molar-refractivity contribution in [1.82, 2.24) is 29.6 Å². The van der Waals surface area contributed by atoms with Crippen molar-refractivity contribution in [2.24, 2.45) is 17.9 Å². The molecule has 20 nitrogen and oxygen atoms in total. The summed E-state index contributed by atoms with van der Waals surface area (Å²) in [6.07, 6.45) is 1.32. The number of nitrogens with zero attached hydrogens (tertiary/aromatic N) is 6. The summed E-state index contributed by atoms with van der Waals surface area (Å²) in [6, 6.07) is -2.39. The van der Waals surface area contributed by atoms with Crippen molar-refractivity contribution in [1.29, 1.82) is 0 Å². The number of nitrogens with one attached hydrogen (secondary N) is 3. The number of β-lactam (4-membered cyclic amide) rings is 1. The molecular formula is C23H31N12O8S2+. The zero-order chi connectivity index (χ0) is 36.8. The number of hydrogen-bond acceptors (Lipinski definition) is 14. The van der Waals surface area contributed by atoms with E-state index in [1.165, 1.54) is 36.5 Å². The Balaban J connectivity index is 1.53. The van der Waals surface area contributed by atoms with E-state index in [0.29, 0.717) is 0 Å². The summed E-state index contributed by atoms with van der Waals surface area (Å²) in [5.41, 5.74) is 14.3. The zero-order valence-electron chi connectivity index (χ0n) is 27.7. The monoisotopic (exact) mass is 673 g/mol. The number of thioether (sulfide) groups is 1. The number of urea groups is 1. The van der Waals surface area contributed by atoms with Crippen LogP contribution in [0.3, 0.4) is 0 Å². The number of aromatic nitrogens is 4. The van der Waals surface area contributed by atoms with Crippen LogP contribution in [0.5, 0.6) is 0 Å². The number of aliphatic carboxylic acids is 2. The summed E-state index contributed by atoms with van der Waals surface area (Å²) in [5.74, 6) is -4.88. The maximum absolute atomic E-state index is 13.3. The Morgan fingerprint density at radius 3 is 2.62 bits per heavy atom. The van der Waals surface area contributed by atoms with Crippen molar-refractivity contribution < 1.29 is 49.2 Å². The predicted octanol–water partition coefficient (Wildman–Crippen LogP) is -2.57. The maximum atomic E-state index is 13.3. The van der Waals surface area contributed by atoms with Crippen LogP contribution < -0.4 is 37.8 Å². The van der Waals surface area contributed by atoms with Crippen LogP contribution in [0.15, 0.2) is 22.6 Å². The van der Waals surface area contributed by atoms with Crippen molar-refractivity contribution in [2.75, 3.05) is 35.5 Å². The second kappa shape index (κ2) is 13.0. The van der Waals surface area contributed by atoms with Crippen LogP contribution in [-0.4, -0.2) is 100 Å². The Hall–Kier alpha value is -4.96. The number of hydrogen-bond donors (Lipinski definition) is 8. The summed E-state index contributed by atoms with van der Waals surface area (Å²) in [6.45, 7) is -3.62. The molecule has 45 heavy (non-hydrogen) atoms. The van der Waals surface area contributed by atoms with Crippen LogP contribution in [0.1, 0.15) is 25.2 Å². The minimum Gasteiger partial charge on any atom is -0.478 e. The fourth-order valence-electron chi connectivity index (χ4n) is 4.03. The molecule has 22 heteroatoms. The fourth-order valence-corrected chi connectivity index (χ4v) is 5.80. The van der Waals surface area contributed by atoms with Gasteiger partial charge in [-0.25, -0.2) is 14.4 Å². The van der Waals surface area contributed by atoms with E-state index in [9.17, 15) is 34.2 Å². The second-order valence-corrected chi connectivity index (χ2v) is 11.7. The topological polar surface area (TPSA) is 299 Å². The first kappa shape index (κ1) is 27.6. The van der Waals surface area contributed by atoms with Crippen LogP contribution in [0.25, 0.3) is 0 Å². The number of carboxylic acid groups (broad SMARTS) is 2. The number of nitrogens with two attached hydrogens (primary N) is 3. The van der Waals surface area contributed by atoms with Gasteiger partial charge in [0, 0.05) is 38.6 Å². The Morgan fingerprint density at radius 2 is 2.02 bits per heavy atom. The number of carbonyl (C=O) groups is 5. The third-order valence-corrected chi connectivity index (χ3v) is 8.30. The van der Waals surface area contributed by atoms with Gasteiger partial charge in [-0.2, -0.15) is 9.36 Å². The number of amides is 4. The van der Waals surface area contributed by atoms with Gasteiger partial charge in [0.05, 0.1) is 9.79 Å². The Morgan fingerprint density at radius 1 is 1.31 bits per heavy atom. The van der Waals surface area contributed by atoms with Gasteiger partial charge in [-0.15, -0.1) is 21.1 Å². The standard InChI is InChI=1S/C23H30N12O8S2/c1-23(2,20(40)41)43-31-11(15-30-21(26)45-32-15)16(36)29-12-17(37)35-13(19(38)39)9(8-44-18(12)35)6-34-7-10(14(25)33(34)3)28-22(42)27-5-4-24/h7,12,18,25H,4-6,8,24H2,1-3H3,(H7,26,27,28,29,30,32,36,38,39,40,41,42)/p+1/b31-11+/t12-,18-/m1/s1/i4D2,5D2,24+1,27+1. The minimum absolute atomic E-state index is 0.0282. The summed E-state index contributed by atoms with van der Waals surface area (Å²) < 4.78 is 36.6. The van der Waals surface area contributed by atoms with Gasteiger partial charge < -0.3 is 42.9 Å². The van der Waals surface area contributed by atoms with Gasteiger partial charge in [0.2, 0.25) is 23.3 Å². The molecule has 1 saturated heterocycles.